The third-order valence-corrected chi connectivity index (χ3v) is 5.51. The number of carbonyl (C=O) groups excluding carboxylic acids is 2. The van der Waals surface area contributed by atoms with E-state index >= 15 is 0 Å². The lowest BCUT2D eigenvalue weighted by Gasteiger charge is -2.35. The van der Waals surface area contributed by atoms with Gasteiger partial charge >= 0.3 is 0 Å². The Balaban J connectivity index is 1.33. The Kier molecular flexibility index (Phi) is 5.26. The Morgan fingerprint density at radius 1 is 0.966 bits per heavy atom. The summed E-state index contributed by atoms with van der Waals surface area (Å²) in [6.07, 6.45) is 0.882. The van der Waals surface area contributed by atoms with Gasteiger partial charge < -0.3 is 9.80 Å². The summed E-state index contributed by atoms with van der Waals surface area (Å²) in [6, 6.07) is 13.8. The van der Waals surface area contributed by atoms with Crippen LogP contribution in [0.4, 0.5) is 11.4 Å². The van der Waals surface area contributed by atoms with Crippen LogP contribution in [0.2, 0.25) is 0 Å². The molecule has 2 aliphatic rings. The molecule has 0 unspecified atom stereocenters. The summed E-state index contributed by atoms with van der Waals surface area (Å²) >= 11 is 0. The van der Waals surface area contributed by atoms with E-state index in [9.17, 15) is 19.7 Å². The Hall–Kier alpha value is -3.26. The number of rotatable bonds is 4. The number of nitro groups is 1. The third-order valence-electron chi connectivity index (χ3n) is 5.51. The Labute approximate surface area is 168 Å². The first-order valence-electron chi connectivity index (χ1n) is 9.67. The van der Waals surface area contributed by atoms with Crippen molar-refractivity contribution in [3.8, 4) is 0 Å². The molecule has 2 aromatic rings. The second-order valence-corrected chi connectivity index (χ2v) is 7.30. The lowest BCUT2D eigenvalue weighted by Crippen LogP contribution is -2.51. The van der Waals surface area contributed by atoms with Crippen molar-refractivity contribution < 1.29 is 14.5 Å². The fraction of sp³-hybridized carbons (Fsp3) is 0.333. The molecule has 0 aromatic heterocycles. The van der Waals surface area contributed by atoms with Gasteiger partial charge in [-0.15, -0.1) is 0 Å². The second kappa shape index (κ2) is 8.00. The van der Waals surface area contributed by atoms with Crippen LogP contribution in [0.1, 0.15) is 15.9 Å². The molecular formula is C21H22N4O4. The first-order chi connectivity index (χ1) is 14.0. The van der Waals surface area contributed by atoms with Crippen molar-refractivity contribution in [2.45, 2.75) is 6.42 Å². The van der Waals surface area contributed by atoms with Crippen LogP contribution < -0.4 is 4.90 Å². The van der Waals surface area contributed by atoms with E-state index in [4.69, 9.17) is 0 Å². The molecular weight excluding hydrogens is 372 g/mol. The van der Waals surface area contributed by atoms with E-state index in [0.717, 1.165) is 12.1 Å². The third kappa shape index (κ3) is 3.97. The number of amides is 2. The van der Waals surface area contributed by atoms with Gasteiger partial charge in [0.25, 0.3) is 11.6 Å². The highest BCUT2D eigenvalue weighted by Gasteiger charge is 2.28. The van der Waals surface area contributed by atoms with Gasteiger partial charge in [0, 0.05) is 56.1 Å². The number of carbonyl (C=O) groups is 2. The molecule has 0 radical (unpaired) electrons. The number of fused-ring (bicyclic) bond motifs is 1. The summed E-state index contributed by atoms with van der Waals surface area (Å²) in [5.41, 5.74) is 2.42. The molecule has 1 fully saturated rings. The van der Waals surface area contributed by atoms with Crippen LogP contribution in [0, 0.1) is 10.1 Å². The minimum absolute atomic E-state index is 0.0772. The predicted molar refractivity (Wildman–Crippen MR) is 108 cm³/mol. The molecule has 4 rings (SSSR count). The fourth-order valence-electron chi connectivity index (χ4n) is 3.92. The summed E-state index contributed by atoms with van der Waals surface area (Å²) < 4.78 is 0. The number of hydrogen-bond donors (Lipinski definition) is 0. The molecule has 0 aliphatic carbocycles. The molecule has 2 aromatic carbocycles. The van der Waals surface area contributed by atoms with Crippen LogP contribution >= 0.6 is 0 Å². The minimum Gasteiger partial charge on any atom is -0.336 e. The number of nitrogens with zero attached hydrogens (tertiary/aromatic N) is 4. The molecule has 1 saturated heterocycles. The van der Waals surface area contributed by atoms with Gasteiger partial charge in [-0.05, 0) is 24.1 Å². The summed E-state index contributed by atoms with van der Waals surface area (Å²) in [5.74, 6) is -0.137. The summed E-state index contributed by atoms with van der Waals surface area (Å²) in [7, 11) is 0. The largest absolute Gasteiger partial charge is 0.336 e. The van der Waals surface area contributed by atoms with Crippen LogP contribution in [0.5, 0.6) is 0 Å². The van der Waals surface area contributed by atoms with Crippen molar-refractivity contribution in [3.05, 3.63) is 69.8 Å². The number of piperazine rings is 1. The zero-order valence-electron chi connectivity index (χ0n) is 16.0. The molecule has 29 heavy (non-hydrogen) atoms. The highest BCUT2D eigenvalue weighted by molar-refractivity contribution is 5.97. The van der Waals surface area contributed by atoms with Gasteiger partial charge in [-0.3, -0.25) is 24.6 Å². The van der Waals surface area contributed by atoms with Gasteiger partial charge in [0.15, 0.2) is 0 Å². The molecule has 0 atom stereocenters. The average molecular weight is 394 g/mol. The molecule has 2 heterocycles. The van der Waals surface area contributed by atoms with Gasteiger partial charge in [0.1, 0.15) is 0 Å². The number of non-ortho nitro benzene ring substituents is 1. The molecule has 0 bridgehead atoms. The topological polar surface area (TPSA) is 87.0 Å². The Morgan fingerprint density at radius 3 is 2.48 bits per heavy atom. The van der Waals surface area contributed by atoms with Crippen molar-refractivity contribution in [1.29, 1.82) is 0 Å². The van der Waals surface area contributed by atoms with Crippen molar-refractivity contribution >= 4 is 23.2 Å². The van der Waals surface area contributed by atoms with Gasteiger partial charge in [0.05, 0.1) is 11.5 Å². The number of nitro benzene ring substituents is 1. The molecule has 8 heteroatoms. The molecule has 2 aliphatic heterocycles. The smallest absolute Gasteiger partial charge is 0.270 e. The van der Waals surface area contributed by atoms with Crippen molar-refractivity contribution in [1.82, 2.24) is 9.80 Å². The van der Waals surface area contributed by atoms with Crippen LogP contribution in [0.3, 0.4) is 0 Å². The summed E-state index contributed by atoms with van der Waals surface area (Å²) in [4.78, 5) is 41.4. The molecule has 0 saturated carbocycles. The highest BCUT2D eigenvalue weighted by Crippen LogP contribution is 2.27. The second-order valence-electron chi connectivity index (χ2n) is 7.30. The summed E-state index contributed by atoms with van der Waals surface area (Å²) in [5, 5.41) is 10.9. The maximum atomic E-state index is 12.8. The van der Waals surface area contributed by atoms with E-state index in [2.05, 4.69) is 11.0 Å². The first-order valence-corrected chi connectivity index (χ1v) is 9.67. The maximum absolute atomic E-state index is 12.8. The molecule has 8 nitrogen and oxygen atoms in total. The number of benzene rings is 2. The molecule has 150 valence electrons. The van der Waals surface area contributed by atoms with E-state index in [0.29, 0.717) is 44.8 Å². The van der Waals surface area contributed by atoms with Gasteiger partial charge in [-0.2, -0.15) is 0 Å². The van der Waals surface area contributed by atoms with Gasteiger partial charge in [-0.1, -0.05) is 24.3 Å². The van der Waals surface area contributed by atoms with Crippen molar-refractivity contribution in [2.24, 2.45) is 0 Å². The zero-order valence-corrected chi connectivity index (χ0v) is 16.0. The van der Waals surface area contributed by atoms with E-state index in [1.54, 1.807) is 11.0 Å². The number of para-hydroxylation sites is 1. The molecule has 0 spiro atoms. The fourth-order valence-corrected chi connectivity index (χ4v) is 3.92. The van der Waals surface area contributed by atoms with Crippen LogP contribution in [-0.2, 0) is 11.2 Å². The van der Waals surface area contributed by atoms with Gasteiger partial charge in [0.2, 0.25) is 5.91 Å². The minimum atomic E-state index is -0.503. The number of hydrogen-bond acceptors (Lipinski definition) is 5. The van der Waals surface area contributed by atoms with E-state index in [1.807, 2.05) is 23.1 Å². The molecule has 2 amide bonds. The van der Waals surface area contributed by atoms with Crippen molar-refractivity contribution in [3.63, 3.8) is 0 Å². The van der Waals surface area contributed by atoms with E-state index < -0.39 is 4.92 Å². The Bertz CT molecular complexity index is 953. The first kappa shape index (κ1) is 19.1. The van der Waals surface area contributed by atoms with Crippen LogP contribution in [0.15, 0.2) is 48.5 Å². The van der Waals surface area contributed by atoms with E-state index in [-0.39, 0.29) is 17.5 Å². The monoisotopic (exact) mass is 394 g/mol. The lowest BCUT2D eigenvalue weighted by atomic mass is 10.1. The van der Waals surface area contributed by atoms with E-state index in [1.165, 1.54) is 23.8 Å². The lowest BCUT2D eigenvalue weighted by molar-refractivity contribution is -0.384. The zero-order chi connectivity index (χ0) is 20.4. The van der Waals surface area contributed by atoms with Crippen LogP contribution in [0.25, 0.3) is 0 Å². The number of anilines is 1. The standard InChI is InChI=1S/C21H22N4O4/c26-20(24-9-8-16-4-1-2-7-19(16)24)15-22-10-12-23(13-11-22)21(27)17-5-3-6-18(14-17)25(28)29/h1-7,14H,8-13,15H2. The highest BCUT2D eigenvalue weighted by atomic mass is 16.6. The Morgan fingerprint density at radius 2 is 1.72 bits per heavy atom. The average Bonchev–Trinajstić information content (AvgIpc) is 3.18. The SMILES string of the molecule is O=C(c1cccc([N+](=O)[O-])c1)N1CCN(CC(=O)N2CCc3ccccc32)CC1. The normalized spacial score (nSPS) is 16.6. The van der Waals surface area contributed by atoms with Crippen LogP contribution in [-0.4, -0.2) is 65.8 Å². The predicted octanol–water partition coefficient (Wildman–Crippen LogP) is 1.94. The maximum Gasteiger partial charge on any atom is 0.270 e. The van der Waals surface area contributed by atoms with Crippen molar-refractivity contribution in [2.75, 3.05) is 44.2 Å². The quantitative estimate of drug-likeness (QED) is 0.584. The molecule has 0 N–H and O–H groups in total. The van der Waals surface area contributed by atoms with Gasteiger partial charge in [-0.25, -0.2) is 0 Å². The summed E-state index contributed by atoms with van der Waals surface area (Å²) in [6.45, 7) is 3.22.